The number of hydrogen-bond donors (Lipinski definition) is 2. The molecule has 2 aromatic rings. The zero-order valence-electron chi connectivity index (χ0n) is 11.7. The predicted molar refractivity (Wildman–Crippen MR) is 81.0 cm³/mol. The molecule has 0 amide bonds. The Morgan fingerprint density at radius 3 is 2.29 bits per heavy atom. The summed E-state index contributed by atoms with van der Waals surface area (Å²) < 4.78 is 25.6. The summed E-state index contributed by atoms with van der Waals surface area (Å²) in [7, 11) is -3.59. The van der Waals surface area contributed by atoms with E-state index in [-0.39, 0.29) is 16.4 Å². The van der Waals surface area contributed by atoms with Crippen molar-refractivity contribution in [2.45, 2.75) is 29.9 Å². The Bertz CT molecular complexity index is 708. The van der Waals surface area contributed by atoms with E-state index in [0.29, 0.717) is 18.4 Å². The van der Waals surface area contributed by atoms with E-state index in [0.717, 1.165) is 0 Å². The predicted octanol–water partition coefficient (Wildman–Crippen LogP) is 3.41. The maximum absolute atomic E-state index is 12.8. The minimum absolute atomic E-state index is 0.0939. The van der Waals surface area contributed by atoms with E-state index in [2.05, 4.69) is 0 Å². The molecule has 21 heavy (non-hydrogen) atoms. The molecule has 0 heterocycles. The Morgan fingerprint density at radius 1 is 1.05 bits per heavy atom. The Labute approximate surface area is 124 Å². The number of phenolic OH excluding ortho intramolecular Hbond substituents is 2. The van der Waals surface area contributed by atoms with Gasteiger partial charge in [0.1, 0.15) is 11.5 Å². The van der Waals surface area contributed by atoms with Crippen molar-refractivity contribution in [3.63, 3.8) is 0 Å². The molecule has 0 spiro atoms. The minimum atomic E-state index is -3.59. The number of hydrogen-bond acceptors (Lipinski definition) is 4. The first-order valence-electron chi connectivity index (χ1n) is 6.77. The zero-order chi connectivity index (χ0) is 15.5. The molecular weight excluding hydrogens is 288 g/mol. The van der Waals surface area contributed by atoms with Gasteiger partial charge in [0.05, 0.1) is 10.1 Å². The van der Waals surface area contributed by atoms with Gasteiger partial charge in [-0.05, 0) is 24.6 Å². The van der Waals surface area contributed by atoms with Crippen molar-refractivity contribution in [3.05, 3.63) is 54.1 Å². The zero-order valence-corrected chi connectivity index (χ0v) is 12.5. The molecule has 5 heteroatoms. The fourth-order valence-electron chi connectivity index (χ4n) is 2.32. The molecule has 1 unspecified atom stereocenters. The molecule has 0 radical (unpaired) electrons. The minimum Gasteiger partial charge on any atom is -0.508 e. The maximum Gasteiger partial charge on any atom is 0.185 e. The van der Waals surface area contributed by atoms with E-state index in [4.69, 9.17) is 0 Å². The van der Waals surface area contributed by atoms with Gasteiger partial charge in [-0.3, -0.25) is 0 Å². The fraction of sp³-hybridized carbons (Fsp3) is 0.250. The standard InChI is InChI=1S/C16H18O4S/c1-2-6-16(14-10-9-12(17)11-15(14)18)21(19,20)13-7-4-3-5-8-13/h3-5,7-11,16-18H,2,6H2,1H3. The molecule has 1 atom stereocenters. The van der Waals surface area contributed by atoms with E-state index in [9.17, 15) is 18.6 Å². The summed E-state index contributed by atoms with van der Waals surface area (Å²) in [5.41, 5.74) is 0.318. The first-order valence-corrected chi connectivity index (χ1v) is 8.32. The third-order valence-electron chi connectivity index (χ3n) is 3.36. The largest absolute Gasteiger partial charge is 0.508 e. The normalized spacial score (nSPS) is 13.0. The van der Waals surface area contributed by atoms with E-state index in [1.165, 1.54) is 18.2 Å². The molecule has 112 valence electrons. The molecule has 0 fully saturated rings. The van der Waals surface area contributed by atoms with Gasteiger partial charge < -0.3 is 10.2 Å². The van der Waals surface area contributed by atoms with Crippen molar-refractivity contribution < 1.29 is 18.6 Å². The van der Waals surface area contributed by atoms with Gasteiger partial charge in [0, 0.05) is 11.6 Å². The summed E-state index contributed by atoms with van der Waals surface area (Å²) in [5.74, 6) is -0.295. The van der Waals surface area contributed by atoms with Gasteiger partial charge in [-0.25, -0.2) is 8.42 Å². The van der Waals surface area contributed by atoms with Crippen molar-refractivity contribution in [2.75, 3.05) is 0 Å². The van der Waals surface area contributed by atoms with Crippen LogP contribution in [0.2, 0.25) is 0 Å². The maximum atomic E-state index is 12.8. The number of sulfone groups is 1. The molecule has 2 aromatic carbocycles. The molecule has 4 nitrogen and oxygen atoms in total. The van der Waals surface area contributed by atoms with Gasteiger partial charge in [-0.15, -0.1) is 0 Å². The topological polar surface area (TPSA) is 74.6 Å². The monoisotopic (exact) mass is 306 g/mol. The third kappa shape index (κ3) is 3.19. The Balaban J connectivity index is 2.53. The third-order valence-corrected chi connectivity index (χ3v) is 5.53. The van der Waals surface area contributed by atoms with Crippen molar-refractivity contribution in [3.8, 4) is 11.5 Å². The SMILES string of the molecule is CCCC(c1ccc(O)cc1O)S(=O)(=O)c1ccccc1. The molecule has 0 saturated heterocycles. The Kier molecular flexibility index (Phi) is 4.53. The summed E-state index contributed by atoms with van der Waals surface area (Å²) in [6, 6.07) is 12.2. The van der Waals surface area contributed by atoms with Crippen molar-refractivity contribution in [1.82, 2.24) is 0 Å². The van der Waals surface area contributed by atoms with E-state index >= 15 is 0 Å². The number of rotatable bonds is 5. The lowest BCUT2D eigenvalue weighted by atomic mass is 10.1. The van der Waals surface area contributed by atoms with Crippen LogP contribution in [-0.4, -0.2) is 18.6 Å². The highest BCUT2D eigenvalue weighted by Gasteiger charge is 2.30. The second kappa shape index (κ2) is 6.18. The van der Waals surface area contributed by atoms with E-state index < -0.39 is 15.1 Å². The van der Waals surface area contributed by atoms with Gasteiger partial charge >= 0.3 is 0 Å². The highest BCUT2D eigenvalue weighted by Crippen LogP contribution is 2.38. The van der Waals surface area contributed by atoms with Gasteiger partial charge in [0.2, 0.25) is 0 Å². The average Bonchev–Trinajstić information content (AvgIpc) is 2.46. The second-order valence-electron chi connectivity index (χ2n) is 4.88. The van der Waals surface area contributed by atoms with Crippen molar-refractivity contribution >= 4 is 9.84 Å². The molecule has 2 N–H and O–H groups in total. The second-order valence-corrected chi connectivity index (χ2v) is 7.01. The smallest absolute Gasteiger partial charge is 0.185 e. The van der Waals surface area contributed by atoms with Gasteiger partial charge in [-0.2, -0.15) is 0 Å². The number of benzene rings is 2. The lowest BCUT2D eigenvalue weighted by Crippen LogP contribution is -2.14. The van der Waals surface area contributed by atoms with Crippen molar-refractivity contribution in [2.24, 2.45) is 0 Å². The van der Waals surface area contributed by atoms with Crippen LogP contribution in [0.4, 0.5) is 0 Å². The van der Waals surface area contributed by atoms with Crippen LogP contribution in [0.1, 0.15) is 30.6 Å². The molecule has 0 saturated carbocycles. The van der Waals surface area contributed by atoms with Crippen LogP contribution in [-0.2, 0) is 9.84 Å². The van der Waals surface area contributed by atoms with Crippen LogP contribution in [0.15, 0.2) is 53.4 Å². The molecule has 0 bridgehead atoms. The van der Waals surface area contributed by atoms with Crippen LogP contribution in [0.3, 0.4) is 0 Å². The summed E-state index contributed by atoms with van der Waals surface area (Å²) in [6.07, 6.45) is 1.06. The van der Waals surface area contributed by atoms with Crippen LogP contribution < -0.4 is 0 Å². The Morgan fingerprint density at radius 2 is 1.71 bits per heavy atom. The number of phenols is 2. The van der Waals surface area contributed by atoms with Crippen LogP contribution in [0, 0.1) is 0 Å². The molecule has 0 aliphatic rings. The van der Waals surface area contributed by atoms with Gasteiger partial charge in [0.15, 0.2) is 9.84 Å². The first-order chi connectivity index (χ1) is 9.96. The summed E-state index contributed by atoms with van der Waals surface area (Å²) in [6.45, 7) is 1.89. The lowest BCUT2D eigenvalue weighted by molar-refractivity contribution is 0.443. The van der Waals surface area contributed by atoms with Crippen molar-refractivity contribution in [1.29, 1.82) is 0 Å². The summed E-state index contributed by atoms with van der Waals surface area (Å²) in [4.78, 5) is 0.232. The van der Waals surface area contributed by atoms with E-state index in [1.807, 2.05) is 6.92 Å². The van der Waals surface area contributed by atoms with Crippen LogP contribution in [0.5, 0.6) is 11.5 Å². The Hall–Kier alpha value is -2.01. The quantitative estimate of drug-likeness (QED) is 0.887. The molecule has 0 aliphatic carbocycles. The molecule has 2 rings (SSSR count). The summed E-state index contributed by atoms with van der Waals surface area (Å²) >= 11 is 0. The molecular formula is C16H18O4S. The van der Waals surface area contributed by atoms with E-state index in [1.54, 1.807) is 30.3 Å². The van der Waals surface area contributed by atoms with Gasteiger partial charge in [0.25, 0.3) is 0 Å². The lowest BCUT2D eigenvalue weighted by Gasteiger charge is -2.19. The first kappa shape index (κ1) is 15.4. The van der Waals surface area contributed by atoms with Gasteiger partial charge in [-0.1, -0.05) is 37.6 Å². The molecule has 0 aliphatic heterocycles. The fourth-order valence-corrected chi connectivity index (χ4v) is 4.26. The highest BCUT2D eigenvalue weighted by atomic mass is 32.2. The van der Waals surface area contributed by atoms with Crippen LogP contribution in [0.25, 0.3) is 0 Å². The molecule has 0 aromatic heterocycles. The van der Waals surface area contributed by atoms with Crippen LogP contribution >= 0.6 is 0 Å². The highest BCUT2D eigenvalue weighted by molar-refractivity contribution is 7.91. The summed E-state index contributed by atoms with van der Waals surface area (Å²) in [5, 5.41) is 18.5. The number of aromatic hydroxyl groups is 2. The average molecular weight is 306 g/mol.